The molecule has 2 unspecified atom stereocenters. The molecule has 1 aromatic heterocycles. The highest BCUT2D eigenvalue weighted by molar-refractivity contribution is 5.95. The van der Waals surface area contributed by atoms with Crippen molar-refractivity contribution < 1.29 is 4.79 Å². The fraction of sp³-hybridized carbons (Fsp3) is 0.412. The van der Waals surface area contributed by atoms with E-state index < -0.39 is 0 Å². The van der Waals surface area contributed by atoms with Gasteiger partial charge >= 0.3 is 0 Å². The highest BCUT2D eigenvalue weighted by Gasteiger charge is 2.38. The van der Waals surface area contributed by atoms with Gasteiger partial charge in [0.15, 0.2) is 0 Å². The van der Waals surface area contributed by atoms with Gasteiger partial charge in [-0.1, -0.05) is 0 Å². The summed E-state index contributed by atoms with van der Waals surface area (Å²) in [7, 11) is 0. The van der Waals surface area contributed by atoms with E-state index in [1.54, 1.807) is 10.9 Å². The summed E-state index contributed by atoms with van der Waals surface area (Å²) in [4.78, 5) is 15.0. The van der Waals surface area contributed by atoms with Gasteiger partial charge < -0.3 is 10.2 Å². The summed E-state index contributed by atoms with van der Waals surface area (Å²) in [5.74, 6) is 0.170. The van der Waals surface area contributed by atoms with Gasteiger partial charge in [0.05, 0.1) is 5.69 Å². The molecule has 2 fully saturated rings. The molecule has 5 heteroatoms. The molecule has 2 saturated heterocycles. The van der Waals surface area contributed by atoms with Crippen LogP contribution in [0.3, 0.4) is 0 Å². The quantitative estimate of drug-likeness (QED) is 0.920. The molecule has 22 heavy (non-hydrogen) atoms. The molecule has 1 aromatic carbocycles. The smallest absolute Gasteiger partial charge is 0.254 e. The Morgan fingerprint density at radius 2 is 1.95 bits per heavy atom. The van der Waals surface area contributed by atoms with Crippen molar-refractivity contribution in [1.29, 1.82) is 0 Å². The molecular formula is C17H20N4O. The minimum absolute atomic E-state index is 0.170. The summed E-state index contributed by atoms with van der Waals surface area (Å²) in [5, 5.41) is 7.65. The van der Waals surface area contributed by atoms with Crippen molar-refractivity contribution >= 4 is 5.91 Å². The van der Waals surface area contributed by atoms with Crippen molar-refractivity contribution in [3.8, 4) is 5.69 Å². The number of hydrogen-bond acceptors (Lipinski definition) is 3. The Morgan fingerprint density at radius 3 is 2.73 bits per heavy atom. The van der Waals surface area contributed by atoms with Crippen LogP contribution in [0.25, 0.3) is 5.69 Å². The maximum Gasteiger partial charge on any atom is 0.254 e. The first-order valence-corrected chi connectivity index (χ1v) is 7.96. The van der Waals surface area contributed by atoms with E-state index >= 15 is 0 Å². The van der Waals surface area contributed by atoms with Gasteiger partial charge in [-0.15, -0.1) is 0 Å². The van der Waals surface area contributed by atoms with Crippen LogP contribution in [0.2, 0.25) is 0 Å². The molecule has 2 aromatic rings. The van der Waals surface area contributed by atoms with E-state index in [2.05, 4.69) is 15.3 Å². The Bertz CT molecular complexity index is 636. The topological polar surface area (TPSA) is 50.2 Å². The molecular weight excluding hydrogens is 276 g/mol. The largest absolute Gasteiger partial charge is 0.331 e. The van der Waals surface area contributed by atoms with Crippen LogP contribution in [-0.2, 0) is 0 Å². The summed E-state index contributed by atoms with van der Waals surface area (Å²) in [6.07, 6.45) is 6.98. The first-order chi connectivity index (χ1) is 10.8. The zero-order valence-corrected chi connectivity index (χ0v) is 12.5. The van der Waals surface area contributed by atoms with E-state index in [1.165, 1.54) is 0 Å². The Balaban J connectivity index is 1.57. The van der Waals surface area contributed by atoms with Crippen molar-refractivity contribution in [2.24, 2.45) is 0 Å². The zero-order chi connectivity index (χ0) is 14.9. The highest BCUT2D eigenvalue weighted by Crippen LogP contribution is 2.29. The van der Waals surface area contributed by atoms with Crippen molar-refractivity contribution in [2.45, 2.75) is 31.3 Å². The van der Waals surface area contributed by atoms with Gasteiger partial charge in [0.25, 0.3) is 5.91 Å². The molecule has 2 bridgehead atoms. The van der Waals surface area contributed by atoms with Gasteiger partial charge in [0, 0.05) is 36.6 Å². The molecule has 1 amide bonds. The normalized spacial score (nSPS) is 24.3. The van der Waals surface area contributed by atoms with Gasteiger partial charge in [-0.3, -0.25) is 4.79 Å². The molecule has 0 saturated carbocycles. The van der Waals surface area contributed by atoms with Crippen LogP contribution in [0.5, 0.6) is 0 Å². The molecule has 2 atom stereocenters. The van der Waals surface area contributed by atoms with E-state index in [0.29, 0.717) is 12.1 Å². The van der Waals surface area contributed by atoms with E-state index in [-0.39, 0.29) is 5.91 Å². The third kappa shape index (κ3) is 2.31. The Kier molecular flexibility index (Phi) is 3.42. The molecule has 0 radical (unpaired) electrons. The first kappa shape index (κ1) is 13.5. The average molecular weight is 296 g/mol. The van der Waals surface area contributed by atoms with Crippen molar-refractivity contribution in [1.82, 2.24) is 20.0 Å². The summed E-state index contributed by atoms with van der Waals surface area (Å²) in [6, 6.07) is 10.4. The number of benzene rings is 1. The Labute approximate surface area is 129 Å². The number of carbonyl (C=O) groups is 1. The number of hydrogen-bond donors (Lipinski definition) is 1. The lowest BCUT2D eigenvalue weighted by molar-refractivity contribution is 0.0680. The molecule has 0 spiro atoms. The van der Waals surface area contributed by atoms with E-state index in [4.69, 9.17) is 0 Å². The predicted molar refractivity (Wildman–Crippen MR) is 84.0 cm³/mol. The van der Waals surface area contributed by atoms with Crippen LogP contribution in [0.4, 0.5) is 0 Å². The fourth-order valence-electron chi connectivity index (χ4n) is 3.64. The molecule has 2 aliphatic heterocycles. The number of nitrogens with zero attached hydrogens (tertiary/aromatic N) is 3. The summed E-state index contributed by atoms with van der Waals surface area (Å²) < 4.78 is 1.80. The van der Waals surface area contributed by atoms with E-state index in [1.807, 2.05) is 36.5 Å². The SMILES string of the molecule is O=C(c1ccc(-n2cccn2)cc1)N1C2CCNCC1CC2. The zero-order valence-electron chi connectivity index (χ0n) is 12.5. The second-order valence-corrected chi connectivity index (χ2v) is 6.09. The predicted octanol–water partition coefficient (Wildman–Crippen LogP) is 1.84. The summed E-state index contributed by atoms with van der Waals surface area (Å²) in [5.41, 5.74) is 1.75. The number of aromatic nitrogens is 2. The maximum absolute atomic E-state index is 12.9. The lowest BCUT2D eigenvalue weighted by Crippen LogP contribution is -2.42. The van der Waals surface area contributed by atoms with Crippen molar-refractivity contribution in [2.75, 3.05) is 13.1 Å². The summed E-state index contributed by atoms with van der Waals surface area (Å²) >= 11 is 0. The van der Waals surface area contributed by atoms with E-state index in [9.17, 15) is 4.79 Å². The lowest BCUT2D eigenvalue weighted by atomic mass is 10.1. The van der Waals surface area contributed by atoms with Crippen LogP contribution in [-0.4, -0.2) is 45.8 Å². The number of rotatable bonds is 2. The Morgan fingerprint density at radius 1 is 1.14 bits per heavy atom. The number of amides is 1. The van der Waals surface area contributed by atoms with Crippen LogP contribution in [0.15, 0.2) is 42.7 Å². The minimum atomic E-state index is 0.170. The third-order valence-electron chi connectivity index (χ3n) is 4.77. The monoisotopic (exact) mass is 296 g/mol. The fourth-order valence-corrected chi connectivity index (χ4v) is 3.64. The van der Waals surface area contributed by atoms with Gasteiger partial charge in [0.2, 0.25) is 0 Å². The van der Waals surface area contributed by atoms with Crippen LogP contribution < -0.4 is 5.32 Å². The van der Waals surface area contributed by atoms with Gasteiger partial charge in [-0.05, 0) is 56.1 Å². The van der Waals surface area contributed by atoms with Crippen LogP contribution in [0, 0.1) is 0 Å². The molecule has 0 aliphatic carbocycles. The van der Waals surface area contributed by atoms with Crippen LogP contribution >= 0.6 is 0 Å². The van der Waals surface area contributed by atoms with Crippen molar-refractivity contribution in [3.63, 3.8) is 0 Å². The maximum atomic E-state index is 12.9. The second kappa shape index (κ2) is 5.57. The molecule has 1 N–H and O–H groups in total. The first-order valence-electron chi connectivity index (χ1n) is 7.96. The molecule has 3 heterocycles. The number of nitrogens with one attached hydrogen (secondary N) is 1. The minimum Gasteiger partial charge on any atom is -0.331 e. The second-order valence-electron chi connectivity index (χ2n) is 6.09. The van der Waals surface area contributed by atoms with Gasteiger partial charge in [0.1, 0.15) is 0 Å². The molecule has 4 rings (SSSR count). The number of carbonyl (C=O) groups excluding carboxylic acids is 1. The van der Waals surface area contributed by atoms with Gasteiger partial charge in [-0.25, -0.2) is 4.68 Å². The Hall–Kier alpha value is -2.14. The summed E-state index contributed by atoms with van der Waals surface area (Å²) in [6.45, 7) is 1.94. The standard InChI is InChI=1S/C17H20N4O/c22-17(21-15-6-7-16(21)12-18-10-8-15)13-2-4-14(5-3-13)20-11-1-9-19-20/h1-5,9,11,15-16,18H,6-8,10,12H2. The number of fused-ring (bicyclic) bond motifs is 2. The highest BCUT2D eigenvalue weighted by atomic mass is 16.2. The molecule has 5 nitrogen and oxygen atoms in total. The van der Waals surface area contributed by atoms with Crippen molar-refractivity contribution in [3.05, 3.63) is 48.3 Å². The van der Waals surface area contributed by atoms with E-state index in [0.717, 1.165) is 43.6 Å². The molecule has 2 aliphatic rings. The third-order valence-corrected chi connectivity index (χ3v) is 4.77. The van der Waals surface area contributed by atoms with Crippen LogP contribution in [0.1, 0.15) is 29.6 Å². The van der Waals surface area contributed by atoms with Gasteiger partial charge in [-0.2, -0.15) is 5.10 Å². The average Bonchev–Trinajstić information content (AvgIpc) is 3.14. The molecule has 114 valence electrons. The lowest BCUT2D eigenvalue weighted by Gasteiger charge is -2.28.